The molecule has 1 aromatic carbocycles. The predicted molar refractivity (Wildman–Crippen MR) is 181 cm³/mol. The maximum absolute atomic E-state index is 13.6. The SMILES string of the molecule is C=CCCN(C(=O)CCC(C)(C)C)C(=C(C)C)/C(C)=C(\C=C)N1CCc2cnc(Nc3cccc(CC(=O)C=C)c3)nc2C1. The van der Waals surface area contributed by atoms with Crippen LogP contribution in [-0.2, 0) is 29.0 Å². The van der Waals surface area contributed by atoms with Gasteiger partial charge in [-0.15, -0.1) is 6.58 Å². The summed E-state index contributed by atoms with van der Waals surface area (Å²) in [7, 11) is 0. The molecule has 1 amide bonds. The zero-order valence-corrected chi connectivity index (χ0v) is 27.5. The second-order valence-electron chi connectivity index (χ2n) is 12.8. The van der Waals surface area contributed by atoms with Crippen LogP contribution in [0.5, 0.6) is 0 Å². The van der Waals surface area contributed by atoms with Gasteiger partial charge in [0.15, 0.2) is 5.78 Å². The topological polar surface area (TPSA) is 78.4 Å². The van der Waals surface area contributed by atoms with Crippen LogP contribution in [0.4, 0.5) is 11.6 Å². The average molecular weight is 596 g/mol. The monoisotopic (exact) mass is 595 g/mol. The number of amides is 1. The van der Waals surface area contributed by atoms with Gasteiger partial charge in [-0.1, -0.05) is 57.7 Å². The van der Waals surface area contributed by atoms with Gasteiger partial charge in [0.2, 0.25) is 11.9 Å². The Morgan fingerprint density at radius 3 is 2.50 bits per heavy atom. The molecule has 2 aromatic rings. The summed E-state index contributed by atoms with van der Waals surface area (Å²) in [6, 6.07) is 7.69. The van der Waals surface area contributed by atoms with Crippen molar-refractivity contribution in [1.29, 1.82) is 0 Å². The van der Waals surface area contributed by atoms with Crippen LogP contribution in [-0.4, -0.2) is 44.5 Å². The molecule has 2 heterocycles. The molecule has 1 aliphatic heterocycles. The lowest BCUT2D eigenvalue weighted by Gasteiger charge is -2.35. The highest BCUT2D eigenvalue weighted by Gasteiger charge is 2.26. The van der Waals surface area contributed by atoms with E-state index in [0.29, 0.717) is 38.3 Å². The maximum atomic E-state index is 13.6. The summed E-state index contributed by atoms with van der Waals surface area (Å²) >= 11 is 0. The van der Waals surface area contributed by atoms with Crippen LogP contribution in [0.15, 0.2) is 91.0 Å². The summed E-state index contributed by atoms with van der Waals surface area (Å²) in [6.07, 6.45) is 10.1. The molecule has 0 spiro atoms. The largest absolute Gasteiger partial charge is 0.365 e. The number of allylic oxidation sites excluding steroid dienone is 4. The number of rotatable bonds is 14. The number of anilines is 2. The number of nitrogens with zero attached hydrogens (tertiary/aromatic N) is 4. The molecule has 7 nitrogen and oxygen atoms in total. The predicted octanol–water partition coefficient (Wildman–Crippen LogP) is 7.86. The van der Waals surface area contributed by atoms with Crippen molar-refractivity contribution in [3.8, 4) is 0 Å². The van der Waals surface area contributed by atoms with E-state index in [0.717, 1.165) is 64.4 Å². The Morgan fingerprint density at radius 1 is 1.11 bits per heavy atom. The molecule has 1 aliphatic rings. The number of ketones is 1. The van der Waals surface area contributed by atoms with Crippen molar-refractivity contribution in [1.82, 2.24) is 19.8 Å². The molecule has 0 fully saturated rings. The fourth-order valence-electron chi connectivity index (χ4n) is 5.42. The second-order valence-corrected chi connectivity index (χ2v) is 12.8. The molecule has 234 valence electrons. The van der Waals surface area contributed by atoms with Gasteiger partial charge in [-0.2, -0.15) is 0 Å². The molecular weight excluding hydrogens is 546 g/mol. The Hall–Kier alpha value is -4.26. The first-order valence-electron chi connectivity index (χ1n) is 15.4. The third-order valence-corrected chi connectivity index (χ3v) is 7.70. The summed E-state index contributed by atoms with van der Waals surface area (Å²) in [6.45, 7) is 26.3. The van der Waals surface area contributed by atoms with E-state index in [4.69, 9.17) is 4.98 Å². The average Bonchev–Trinajstić information content (AvgIpc) is 2.97. The van der Waals surface area contributed by atoms with Gasteiger partial charge < -0.3 is 15.1 Å². The minimum Gasteiger partial charge on any atom is -0.365 e. The van der Waals surface area contributed by atoms with Gasteiger partial charge >= 0.3 is 0 Å². The third-order valence-electron chi connectivity index (χ3n) is 7.70. The molecular formula is C37H49N5O2. The zero-order valence-electron chi connectivity index (χ0n) is 27.5. The van der Waals surface area contributed by atoms with Crippen molar-refractivity contribution in [3.05, 3.63) is 108 Å². The second kappa shape index (κ2) is 15.5. The first-order valence-corrected chi connectivity index (χ1v) is 15.4. The Balaban J connectivity index is 1.89. The minimum absolute atomic E-state index is 0.0250. The van der Waals surface area contributed by atoms with E-state index in [9.17, 15) is 9.59 Å². The Labute approximate surface area is 264 Å². The number of hydrogen-bond donors (Lipinski definition) is 1. The highest BCUT2D eigenvalue weighted by atomic mass is 16.2. The number of fused-ring (bicyclic) bond motifs is 1. The number of hydrogen-bond acceptors (Lipinski definition) is 6. The molecule has 3 rings (SSSR count). The standard InChI is InChI=1S/C37H49N5O2/c1-10-13-20-42(34(44)17-19-37(7,8)9)35(26(4)5)27(6)33(12-3)41-21-18-29-24-38-36(40-32(29)25-41)39-30-16-14-15-28(22-30)23-31(43)11-2/h10-12,14-16,22,24H,1-3,13,17-21,23,25H2,4-9H3,(H,38,39,40)/b33-27+. The number of benzene rings is 1. The quantitative estimate of drug-likeness (QED) is 0.136. The smallest absolute Gasteiger partial charge is 0.227 e. The highest BCUT2D eigenvalue weighted by molar-refractivity contribution is 5.91. The summed E-state index contributed by atoms with van der Waals surface area (Å²) in [5.41, 5.74) is 7.90. The number of aromatic nitrogens is 2. The van der Waals surface area contributed by atoms with Gasteiger partial charge in [-0.05, 0) is 86.4 Å². The molecule has 44 heavy (non-hydrogen) atoms. The first kappa shape index (κ1) is 34.2. The van der Waals surface area contributed by atoms with Gasteiger partial charge in [0.05, 0.1) is 12.2 Å². The van der Waals surface area contributed by atoms with Crippen molar-refractivity contribution in [2.75, 3.05) is 18.4 Å². The molecule has 0 saturated carbocycles. The summed E-state index contributed by atoms with van der Waals surface area (Å²) in [5, 5.41) is 3.30. The lowest BCUT2D eigenvalue weighted by atomic mass is 9.90. The first-order chi connectivity index (χ1) is 20.9. The molecule has 0 radical (unpaired) electrons. The maximum Gasteiger partial charge on any atom is 0.227 e. The molecule has 0 atom stereocenters. The van der Waals surface area contributed by atoms with Gasteiger partial charge in [0.1, 0.15) is 0 Å². The van der Waals surface area contributed by atoms with Crippen LogP contribution in [0.25, 0.3) is 0 Å². The molecule has 1 aromatic heterocycles. The van der Waals surface area contributed by atoms with E-state index in [1.807, 2.05) is 47.5 Å². The normalized spacial score (nSPS) is 13.3. The fraction of sp³-hybridized carbons (Fsp3) is 0.405. The molecule has 7 heteroatoms. The minimum atomic E-state index is -0.0250. The van der Waals surface area contributed by atoms with Gasteiger partial charge in [0, 0.05) is 49.2 Å². The van der Waals surface area contributed by atoms with Gasteiger partial charge in [-0.3, -0.25) is 9.59 Å². The molecule has 0 unspecified atom stereocenters. The van der Waals surface area contributed by atoms with Crippen LogP contribution in [0.3, 0.4) is 0 Å². The van der Waals surface area contributed by atoms with Crippen LogP contribution in [0.1, 0.15) is 77.6 Å². The van der Waals surface area contributed by atoms with Crippen LogP contribution < -0.4 is 5.32 Å². The van der Waals surface area contributed by atoms with E-state index in [1.54, 1.807) is 0 Å². The van der Waals surface area contributed by atoms with Crippen LogP contribution >= 0.6 is 0 Å². The van der Waals surface area contributed by atoms with Crippen LogP contribution in [0.2, 0.25) is 0 Å². The zero-order chi connectivity index (χ0) is 32.4. The van der Waals surface area contributed by atoms with E-state index in [2.05, 4.69) is 76.5 Å². The molecule has 0 bridgehead atoms. The summed E-state index contributed by atoms with van der Waals surface area (Å²) in [5.74, 6) is 0.609. The van der Waals surface area contributed by atoms with Crippen molar-refractivity contribution >= 4 is 23.3 Å². The van der Waals surface area contributed by atoms with Crippen LogP contribution in [0, 0.1) is 5.41 Å². The van der Waals surface area contributed by atoms with E-state index in [-0.39, 0.29) is 17.1 Å². The van der Waals surface area contributed by atoms with Crippen molar-refractivity contribution in [3.63, 3.8) is 0 Å². The number of carbonyl (C=O) groups excluding carboxylic acids is 2. The van der Waals surface area contributed by atoms with E-state index < -0.39 is 0 Å². The van der Waals surface area contributed by atoms with Gasteiger partial charge in [-0.25, -0.2) is 9.97 Å². The molecule has 1 N–H and O–H groups in total. The highest BCUT2D eigenvalue weighted by Crippen LogP contribution is 2.31. The number of carbonyl (C=O) groups is 2. The Morgan fingerprint density at radius 2 is 1.86 bits per heavy atom. The lowest BCUT2D eigenvalue weighted by molar-refractivity contribution is -0.129. The molecule has 0 aliphatic carbocycles. The lowest BCUT2D eigenvalue weighted by Crippen LogP contribution is -2.35. The number of nitrogens with one attached hydrogen (secondary N) is 1. The third kappa shape index (κ3) is 9.37. The van der Waals surface area contributed by atoms with E-state index >= 15 is 0 Å². The molecule has 0 saturated heterocycles. The van der Waals surface area contributed by atoms with Crippen molar-refractivity contribution < 1.29 is 9.59 Å². The van der Waals surface area contributed by atoms with E-state index in [1.165, 1.54) is 6.08 Å². The summed E-state index contributed by atoms with van der Waals surface area (Å²) in [4.78, 5) is 39.1. The van der Waals surface area contributed by atoms with Crippen molar-refractivity contribution in [2.24, 2.45) is 5.41 Å². The Bertz CT molecular complexity index is 1460. The van der Waals surface area contributed by atoms with Gasteiger partial charge in [0.25, 0.3) is 0 Å². The Kier molecular flexibility index (Phi) is 12.0. The fourth-order valence-corrected chi connectivity index (χ4v) is 5.42. The van der Waals surface area contributed by atoms with Crippen molar-refractivity contribution in [2.45, 2.75) is 80.2 Å². The summed E-state index contributed by atoms with van der Waals surface area (Å²) < 4.78 is 0.